The molecule has 0 aromatic heterocycles. The van der Waals surface area contributed by atoms with Crippen molar-refractivity contribution in [3.63, 3.8) is 0 Å². The van der Waals surface area contributed by atoms with Gasteiger partial charge in [-0.1, -0.05) is 0 Å². The van der Waals surface area contributed by atoms with Gasteiger partial charge in [-0.25, -0.2) is 35.1 Å². The van der Waals surface area contributed by atoms with Crippen molar-refractivity contribution in [2.45, 2.75) is 0 Å². The van der Waals surface area contributed by atoms with E-state index in [1.54, 1.807) is 0 Å². The molecule has 0 amide bonds. The predicted octanol–water partition coefficient (Wildman–Crippen LogP) is 5.05. The van der Waals surface area contributed by atoms with E-state index in [-0.39, 0.29) is 10.8 Å². The lowest BCUT2D eigenvalue weighted by Crippen LogP contribution is -2.06. The quantitative estimate of drug-likeness (QED) is 0.136. The van der Waals surface area contributed by atoms with Crippen molar-refractivity contribution in [2.24, 2.45) is 9.98 Å². The summed E-state index contributed by atoms with van der Waals surface area (Å²) in [6, 6.07) is 1.79. The maximum atomic E-state index is 14.7. The molecule has 0 aliphatic rings. The molecule has 5 rings (SSSR count). The van der Waals surface area contributed by atoms with E-state index >= 15 is 0 Å². The topological polar surface area (TPSA) is 72.3 Å². The molecule has 12 heteroatoms. The molecule has 0 saturated heterocycles. The smallest absolute Gasteiger partial charge is 0.203 e. The second-order valence-electron chi connectivity index (χ2n) is 7.08. The van der Waals surface area contributed by atoms with Gasteiger partial charge in [0.1, 0.15) is 0 Å². The predicted molar refractivity (Wildman–Crippen MR) is 101 cm³/mol. The first-order valence-corrected chi connectivity index (χ1v) is 9.01. The van der Waals surface area contributed by atoms with Gasteiger partial charge in [-0.05, 0) is 22.9 Å². The molecule has 0 bridgehead atoms. The highest BCUT2D eigenvalue weighted by Gasteiger charge is 2.29. The third-order valence-electron chi connectivity index (χ3n) is 5.54. The molecule has 4 nitrogen and oxygen atoms in total. The van der Waals surface area contributed by atoms with Crippen LogP contribution in [0, 0.1) is 69.4 Å². The number of nitrogens with zero attached hydrogens (tertiary/aromatic N) is 4. The van der Waals surface area contributed by atoms with Crippen molar-refractivity contribution in [1.82, 2.24) is 0 Å². The highest BCUT2D eigenvalue weighted by molar-refractivity contribution is 6.21. The van der Waals surface area contributed by atoms with Gasteiger partial charge in [0.15, 0.2) is 46.5 Å². The first-order valence-electron chi connectivity index (χ1n) is 9.01. The second-order valence-corrected chi connectivity index (χ2v) is 7.08. The largest absolute Gasteiger partial charge is 0.206 e. The molecule has 5 aromatic rings. The third kappa shape index (κ3) is 2.39. The maximum absolute atomic E-state index is 14.7. The van der Waals surface area contributed by atoms with Crippen molar-refractivity contribution in [3.8, 4) is 12.4 Å². The Balaban J connectivity index is 2.23. The molecule has 166 valence electrons. The Kier molecular flexibility index (Phi) is 4.35. The Hall–Kier alpha value is -4.58. The second kappa shape index (κ2) is 6.96. The molecule has 0 aliphatic carbocycles. The van der Waals surface area contributed by atoms with Crippen LogP contribution in [0.25, 0.3) is 43.1 Å². The van der Waals surface area contributed by atoms with E-state index in [1.807, 2.05) is 0 Å². The normalized spacial score (nSPS) is 13.0. The minimum Gasteiger partial charge on any atom is -0.203 e. The van der Waals surface area contributed by atoms with Crippen molar-refractivity contribution in [2.75, 3.05) is 0 Å². The number of rotatable bonds is 0. The van der Waals surface area contributed by atoms with Crippen LogP contribution < -0.4 is 10.7 Å². The average Bonchev–Trinajstić information content (AvgIpc) is 3.30. The molecular weight excluding hydrogens is 472 g/mol. The van der Waals surface area contributed by atoms with Crippen LogP contribution in [0.3, 0.4) is 0 Å². The van der Waals surface area contributed by atoms with Gasteiger partial charge < -0.3 is 0 Å². The van der Waals surface area contributed by atoms with E-state index in [9.17, 15) is 35.1 Å². The highest BCUT2D eigenvalue weighted by atomic mass is 19.2. The monoisotopic (exact) mass is 474 g/mol. The summed E-state index contributed by atoms with van der Waals surface area (Å²) >= 11 is 0. The minimum atomic E-state index is -2.18. The first kappa shape index (κ1) is 21.3. The molecule has 0 saturated carbocycles. The molecule has 0 unspecified atom stereocenters. The Morgan fingerprint density at radius 1 is 0.441 bits per heavy atom. The highest BCUT2D eigenvalue weighted by Crippen LogP contribution is 2.38. The molecule has 5 aromatic carbocycles. The number of halogens is 8. The fraction of sp³-hybridized carbons (Fsp3) is 0. The van der Waals surface area contributed by atoms with Crippen LogP contribution in [0.5, 0.6) is 0 Å². The maximum Gasteiger partial charge on any atom is 0.206 e. The summed E-state index contributed by atoms with van der Waals surface area (Å²) in [5, 5.41) is 11.7. The summed E-state index contributed by atoms with van der Waals surface area (Å²) in [6.45, 7) is 0. The van der Waals surface area contributed by atoms with E-state index in [1.165, 1.54) is 12.4 Å². The van der Waals surface area contributed by atoms with Crippen LogP contribution in [-0.4, -0.2) is 0 Å². The lowest BCUT2D eigenvalue weighted by Gasteiger charge is -2.02. The molecule has 0 N–H and O–H groups in total. The van der Waals surface area contributed by atoms with Crippen LogP contribution in [0.1, 0.15) is 0 Å². The summed E-state index contributed by atoms with van der Waals surface area (Å²) in [4.78, 5) is 6.68. The number of nitriles is 2. The van der Waals surface area contributed by atoms with E-state index in [0.29, 0.717) is 0 Å². The molecule has 0 atom stereocenters. The summed E-state index contributed by atoms with van der Waals surface area (Å²) in [5.41, 5.74) is 0. The van der Waals surface area contributed by atoms with Crippen LogP contribution in [-0.2, 0) is 0 Å². The molecule has 0 heterocycles. The zero-order chi connectivity index (χ0) is 24.6. The minimum absolute atomic E-state index is 0.307. The summed E-state index contributed by atoms with van der Waals surface area (Å²) in [5.74, 6) is -16.2. The zero-order valence-corrected chi connectivity index (χ0v) is 16.0. The molecule has 0 spiro atoms. The summed E-state index contributed by atoms with van der Waals surface area (Å²) < 4.78 is 114. The Labute approximate surface area is 181 Å². The lowest BCUT2D eigenvalue weighted by molar-refractivity contribution is 0.418. The Bertz CT molecular complexity index is 1830. The summed E-state index contributed by atoms with van der Waals surface area (Å²) in [6.07, 6.45) is 2.61. The SMILES string of the molecule is N#C/N=c1/c2cc3/c(=N\C#N)c4c(F)c(F)c(F)c(F)c4c3cc2c2c(F)c(F)c(F)c(F)c12. The standard InChI is InChI=1S/C22H2F8N4/c23-13-9-5-1-6-8(2-7(5)21(33-3-31)11(9)15(25)19(29)17(13)27)22(34-4-32)12-10(6)14(24)18(28)20(30)16(12)26/h1-2H/b33-21-,34-22+. The van der Waals surface area contributed by atoms with Gasteiger partial charge in [0.25, 0.3) is 0 Å². The van der Waals surface area contributed by atoms with Gasteiger partial charge in [-0.3, -0.25) is 0 Å². The molecule has 34 heavy (non-hydrogen) atoms. The van der Waals surface area contributed by atoms with Gasteiger partial charge in [0.2, 0.25) is 12.4 Å². The van der Waals surface area contributed by atoms with Crippen LogP contribution in [0.15, 0.2) is 22.1 Å². The first-order chi connectivity index (χ1) is 16.1. The van der Waals surface area contributed by atoms with Crippen molar-refractivity contribution >= 4 is 43.1 Å². The fourth-order valence-corrected chi connectivity index (χ4v) is 4.22. The van der Waals surface area contributed by atoms with Crippen molar-refractivity contribution < 1.29 is 35.1 Å². The molecular formula is C22H2F8N4. The van der Waals surface area contributed by atoms with Gasteiger partial charge in [0, 0.05) is 21.5 Å². The number of hydrogen-bond donors (Lipinski definition) is 0. The van der Waals surface area contributed by atoms with Gasteiger partial charge >= 0.3 is 0 Å². The molecule has 0 radical (unpaired) electrons. The number of fused-ring (bicyclic) bond motifs is 6. The van der Waals surface area contributed by atoms with Gasteiger partial charge in [-0.15, -0.1) is 0 Å². The van der Waals surface area contributed by atoms with Gasteiger partial charge in [0.05, 0.1) is 21.5 Å². The zero-order valence-electron chi connectivity index (χ0n) is 16.0. The number of hydrogen-bond acceptors (Lipinski definition) is 4. The van der Waals surface area contributed by atoms with E-state index < -0.39 is 89.6 Å². The molecule has 0 fully saturated rings. The number of benzene rings is 3. The van der Waals surface area contributed by atoms with Crippen LogP contribution >= 0.6 is 0 Å². The van der Waals surface area contributed by atoms with Crippen LogP contribution in [0.2, 0.25) is 0 Å². The molecule has 0 aliphatic heterocycles. The van der Waals surface area contributed by atoms with E-state index in [0.717, 1.165) is 12.1 Å². The van der Waals surface area contributed by atoms with E-state index in [2.05, 4.69) is 9.98 Å². The fourth-order valence-electron chi connectivity index (χ4n) is 4.22. The van der Waals surface area contributed by atoms with Crippen molar-refractivity contribution in [1.29, 1.82) is 10.5 Å². The van der Waals surface area contributed by atoms with Gasteiger partial charge in [-0.2, -0.15) is 20.5 Å². The Morgan fingerprint density at radius 3 is 1.06 bits per heavy atom. The summed E-state index contributed by atoms with van der Waals surface area (Å²) in [7, 11) is 0. The third-order valence-corrected chi connectivity index (χ3v) is 5.54. The Morgan fingerprint density at radius 2 is 0.735 bits per heavy atom. The van der Waals surface area contributed by atoms with Crippen molar-refractivity contribution in [3.05, 3.63) is 69.4 Å². The lowest BCUT2D eigenvalue weighted by atomic mass is 10.1. The van der Waals surface area contributed by atoms with Crippen LogP contribution in [0.4, 0.5) is 35.1 Å². The average molecular weight is 474 g/mol. The van der Waals surface area contributed by atoms with E-state index in [4.69, 9.17) is 10.5 Å².